The molecular weight excluding hydrogens is 290 g/mol. The van der Waals surface area contributed by atoms with Crippen molar-refractivity contribution in [1.82, 2.24) is 15.0 Å². The van der Waals surface area contributed by atoms with Gasteiger partial charge in [-0.15, -0.1) is 0 Å². The quantitative estimate of drug-likeness (QED) is 0.453. The highest BCUT2D eigenvalue weighted by molar-refractivity contribution is 5.94. The van der Waals surface area contributed by atoms with E-state index in [1.54, 1.807) is 48.9 Å². The Kier molecular flexibility index (Phi) is 4.07. The fourth-order valence-electron chi connectivity index (χ4n) is 2.11. The third-order valence-electron chi connectivity index (χ3n) is 3.36. The van der Waals surface area contributed by atoms with Crippen molar-refractivity contribution in [3.63, 3.8) is 0 Å². The Morgan fingerprint density at radius 3 is 2.52 bits per heavy atom. The Hall–Kier alpha value is -3.12. The molecule has 3 aromatic rings. The van der Waals surface area contributed by atoms with Crippen LogP contribution in [0, 0.1) is 0 Å². The van der Waals surface area contributed by atoms with Crippen molar-refractivity contribution in [2.45, 2.75) is 6.92 Å². The minimum atomic E-state index is 0.0148. The smallest absolute Gasteiger partial charge is 0.163 e. The lowest BCUT2D eigenvalue weighted by atomic mass is 10.1. The van der Waals surface area contributed by atoms with Crippen molar-refractivity contribution in [3.8, 4) is 11.4 Å². The molecule has 23 heavy (non-hydrogen) atoms. The highest BCUT2D eigenvalue weighted by atomic mass is 16.1. The molecule has 0 bridgehead atoms. The van der Waals surface area contributed by atoms with Gasteiger partial charge >= 0.3 is 0 Å². The zero-order valence-electron chi connectivity index (χ0n) is 12.5. The van der Waals surface area contributed by atoms with Gasteiger partial charge in [0.1, 0.15) is 0 Å². The number of nitrogens with zero attached hydrogens (tertiary/aromatic N) is 4. The molecule has 2 N–H and O–H groups in total. The molecular formula is C17H15N5O. The van der Waals surface area contributed by atoms with Gasteiger partial charge in [-0.25, -0.2) is 15.8 Å². The number of hydrazine groups is 1. The van der Waals surface area contributed by atoms with Crippen LogP contribution in [0.5, 0.6) is 0 Å². The first kappa shape index (κ1) is 14.8. The molecule has 114 valence electrons. The van der Waals surface area contributed by atoms with E-state index in [0.29, 0.717) is 17.2 Å². The van der Waals surface area contributed by atoms with Crippen LogP contribution in [0.15, 0.2) is 61.1 Å². The summed E-state index contributed by atoms with van der Waals surface area (Å²) in [5, 5.41) is 1.45. The number of hydrogen-bond acceptors (Lipinski definition) is 6. The van der Waals surface area contributed by atoms with E-state index in [2.05, 4.69) is 15.0 Å². The van der Waals surface area contributed by atoms with Gasteiger partial charge in [-0.1, -0.05) is 0 Å². The van der Waals surface area contributed by atoms with Crippen LogP contribution >= 0.6 is 0 Å². The van der Waals surface area contributed by atoms with Crippen molar-refractivity contribution < 1.29 is 4.79 Å². The first-order valence-electron chi connectivity index (χ1n) is 7.04. The van der Waals surface area contributed by atoms with Gasteiger partial charge in [0.15, 0.2) is 17.4 Å². The third-order valence-corrected chi connectivity index (χ3v) is 3.36. The Balaban J connectivity index is 1.90. The predicted octanol–water partition coefficient (Wildman–Crippen LogP) is 2.75. The maximum absolute atomic E-state index is 11.3. The standard InChI is InChI=1S/C17H15N5O/c1-12(23)13-4-6-15(7-5-13)22(18)16-8-10-20-17(21-16)14-3-2-9-19-11-14/h2-11H,18H2,1H3. The number of anilines is 2. The number of ketones is 1. The predicted molar refractivity (Wildman–Crippen MR) is 88.0 cm³/mol. The molecule has 0 unspecified atom stereocenters. The first-order chi connectivity index (χ1) is 11.1. The monoisotopic (exact) mass is 305 g/mol. The SMILES string of the molecule is CC(=O)c1ccc(N(N)c2ccnc(-c3cccnc3)n2)cc1. The number of nitrogens with two attached hydrogens (primary N) is 1. The lowest BCUT2D eigenvalue weighted by Crippen LogP contribution is -2.26. The first-order valence-corrected chi connectivity index (χ1v) is 7.04. The number of aromatic nitrogens is 3. The summed E-state index contributed by atoms with van der Waals surface area (Å²) in [5.74, 6) is 7.24. The lowest BCUT2D eigenvalue weighted by molar-refractivity contribution is 0.101. The van der Waals surface area contributed by atoms with Crippen molar-refractivity contribution in [3.05, 3.63) is 66.6 Å². The maximum atomic E-state index is 11.3. The van der Waals surface area contributed by atoms with Gasteiger partial charge in [0.25, 0.3) is 0 Å². The molecule has 0 saturated carbocycles. The topological polar surface area (TPSA) is 85.0 Å². The van der Waals surface area contributed by atoms with Gasteiger partial charge in [0.2, 0.25) is 0 Å². The largest absolute Gasteiger partial charge is 0.295 e. The summed E-state index contributed by atoms with van der Waals surface area (Å²) in [6.45, 7) is 1.53. The van der Waals surface area contributed by atoms with Crippen molar-refractivity contribution in [2.75, 3.05) is 5.01 Å². The lowest BCUT2D eigenvalue weighted by Gasteiger charge is -2.18. The molecule has 0 aliphatic carbocycles. The number of rotatable bonds is 4. The molecule has 2 aromatic heterocycles. The van der Waals surface area contributed by atoms with E-state index in [9.17, 15) is 4.79 Å². The molecule has 6 nitrogen and oxygen atoms in total. The summed E-state index contributed by atoms with van der Waals surface area (Å²) in [7, 11) is 0. The van der Waals surface area contributed by atoms with Gasteiger partial charge in [-0.05, 0) is 43.3 Å². The summed E-state index contributed by atoms with van der Waals surface area (Å²) in [5.41, 5.74) is 2.18. The summed E-state index contributed by atoms with van der Waals surface area (Å²) < 4.78 is 0. The second-order valence-corrected chi connectivity index (χ2v) is 4.95. The van der Waals surface area contributed by atoms with E-state index in [1.165, 1.54) is 11.9 Å². The van der Waals surface area contributed by atoms with E-state index in [0.717, 1.165) is 11.3 Å². The molecule has 2 heterocycles. The number of carbonyl (C=O) groups is 1. The molecule has 0 fully saturated rings. The fourth-order valence-corrected chi connectivity index (χ4v) is 2.11. The summed E-state index contributed by atoms with van der Waals surface area (Å²) in [6, 6.07) is 12.5. The molecule has 0 aliphatic rings. The van der Waals surface area contributed by atoms with E-state index < -0.39 is 0 Å². The molecule has 0 radical (unpaired) electrons. The highest BCUT2D eigenvalue weighted by Gasteiger charge is 2.09. The van der Waals surface area contributed by atoms with Crippen LogP contribution in [0.2, 0.25) is 0 Å². The summed E-state index contributed by atoms with van der Waals surface area (Å²) in [4.78, 5) is 24.1. The average Bonchev–Trinajstić information content (AvgIpc) is 2.62. The van der Waals surface area contributed by atoms with Crippen LogP contribution in [-0.4, -0.2) is 20.7 Å². The minimum Gasteiger partial charge on any atom is -0.295 e. The van der Waals surface area contributed by atoms with Crippen molar-refractivity contribution in [1.29, 1.82) is 0 Å². The summed E-state index contributed by atoms with van der Waals surface area (Å²) >= 11 is 0. The maximum Gasteiger partial charge on any atom is 0.163 e. The molecule has 1 aromatic carbocycles. The Morgan fingerprint density at radius 2 is 1.87 bits per heavy atom. The molecule has 6 heteroatoms. The van der Waals surface area contributed by atoms with Crippen molar-refractivity contribution >= 4 is 17.3 Å². The minimum absolute atomic E-state index is 0.0148. The molecule has 0 amide bonds. The number of Topliss-reactive ketones (excluding diaryl/α,β-unsaturated/α-hetero) is 1. The highest BCUT2D eigenvalue weighted by Crippen LogP contribution is 2.22. The van der Waals surface area contributed by atoms with Crippen molar-refractivity contribution in [2.24, 2.45) is 5.84 Å². The third kappa shape index (κ3) is 3.22. The molecule has 3 rings (SSSR count). The zero-order valence-corrected chi connectivity index (χ0v) is 12.5. The number of benzene rings is 1. The number of carbonyl (C=O) groups excluding carboxylic acids is 1. The Bertz CT molecular complexity index is 818. The summed E-state index contributed by atoms with van der Waals surface area (Å²) in [6.07, 6.45) is 5.04. The van der Waals surface area contributed by atoms with Crippen LogP contribution < -0.4 is 10.9 Å². The molecule has 0 saturated heterocycles. The van der Waals surface area contributed by atoms with E-state index in [4.69, 9.17) is 5.84 Å². The van der Waals surface area contributed by atoms with Crippen LogP contribution in [0.25, 0.3) is 11.4 Å². The van der Waals surface area contributed by atoms with Gasteiger partial charge < -0.3 is 0 Å². The van der Waals surface area contributed by atoms with E-state index in [-0.39, 0.29) is 5.78 Å². The number of hydrogen-bond donors (Lipinski definition) is 1. The van der Waals surface area contributed by atoms with Gasteiger partial charge in [-0.3, -0.25) is 14.8 Å². The molecule has 0 aliphatic heterocycles. The zero-order chi connectivity index (χ0) is 16.2. The van der Waals surface area contributed by atoms with Gasteiger partial charge in [-0.2, -0.15) is 0 Å². The van der Waals surface area contributed by atoms with Gasteiger partial charge in [0.05, 0.1) is 5.69 Å². The second kappa shape index (κ2) is 6.33. The molecule has 0 atom stereocenters. The van der Waals surface area contributed by atoms with Crippen LogP contribution in [0.1, 0.15) is 17.3 Å². The number of pyridine rings is 1. The van der Waals surface area contributed by atoms with Crippen LogP contribution in [0.4, 0.5) is 11.5 Å². The second-order valence-electron chi connectivity index (χ2n) is 4.95. The van der Waals surface area contributed by atoms with Gasteiger partial charge in [0, 0.05) is 35.8 Å². The fraction of sp³-hybridized carbons (Fsp3) is 0.0588. The normalized spacial score (nSPS) is 10.3. The van der Waals surface area contributed by atoms with Crippen LogP contribution in [0.3, 0.4) is 0 Å². The van der Waals surface area contributed by atoms with E-state index >= 15 is 0 Å². The van der Waals surface area contributed by atoms with E-state index in [1.807, 2.05) is 12.1 Å². The Labute approximate surface area is 133 Å². The average molecular weight is 305 g/mol. The van der Waals surface area contributed by atoms with Crippen LogP contribution in [-0.2, 0) is 0 Å². The Morgan fingerprint density at radius 1 is 1.09 bits per heavy atom. The molecule has 0 spiro atoms.